The maximum atomic E-state index is 9.87. The molecular weight excluding hydrogens is 332 g/mol. The molecular formula is C18H22N6O2. The van der Waals surface area contributed by atoms with Crippen molar-refractivity contribution in [3.63, 3.8) is 0 Å². The van der Waals surface area contributed by atoms with Crippen LogP contribution in [0.25, 0.3) is 5.65 Å². The maximum absolute atomic E-state index is 9.87. The van der Waals surface area contributed by atoms with E-state index in [1.54, 1.807) is 12.1 Å². The van der Waals surface area contributed by atoms with Gasteiger partial charge in [-0.25, -0.2) is 4.99 Å². The zero-order chi connectivity index (χ0) is 18.4. The molecule has 2 heterocycles. The van der Waals surface area contributed by atoms with E-state index < -0.39 is 0 Å². The summed E-state index contributed by atoms with van der Waals surface area (Å²) in [6.07, 6.45) is 1.93. The summed E-state index contributed by atoms with van der Waals surface area (Å²) < 4.78 is 6.98. The fraction of sp³-hybridized carbons (Fsp3) is 0.278. The molecule has 0 bridgehead atoms. The summed E-state index contributed by atoms with van der Waals surface area (Å²) >= 11 is 0. The van der Waals surface area contributed by atoms with Gasteiger partial charge in [-0.15, -0.1) is 10.2 Å². The van der Waals surface area contributed by atoms with Gasteiger partial charge in [-0.05, 0) is 36.8 Å². The second-order valence-corrected chi connectivity index (χ2v) is 5.60. The normalized spacial score (nSPS) is 11.5. The van der Waals surface area contributed by atoms with Crippen molar-refractivity contribution < 1.29 is 9.84 Å². The number of phenols is 1. The van der Waals surface area contributed by atoms with Crippen LogP contribution in [0.5, 0.6) is 11.5 Å². The van der Waals surface area contributed by atoms with E-state index in [-0.39, 0.29) is 5.75 Å². The number of rotatable bonds is 6. The molecule has 0 saturated carbocycles. The molecule has 8 heteroatoms. The Morgan fingerprint density at radius 1 is 1.23 bits per heavy atom. The Hall–Kier alpha value is -3.29. The van der Waals surface area contributed by atoms with Crippen molar-refractivity contribution in [2.24, 2.45) is 4.99 Å². The van der Waals surface area contributed by atoms with E-state index in [0.29, 0.717) is 24.8 Å². The molecule has 0 radical (unpaired) electrons. The van der Waals surface area contributed by atoms with Gasteiger partial charge in [0.1, 0.15) is 0 Å². The highest BCUT2D eigenvalue weighted by Crippen LogP contribution is 2.26. The van der Waals surface area contributed by atoms with Crippen LogP contribution in [0.4, 0.5) is 0 Å². The number of ether oxygens (including phenoxy) is 1. The van der Waals surface area contributed by atoms with Gasteiger partial charge in [-0.1, -0.05) is 12.1 Å². The zero-order valence-corrected chi connectivity index (χ0v) is 14.8. The number of phenolic OH excluding ortho intramolecular Hbond substituents is 1. The first-order valence-corrected chi connectivity index (χ1v) is 8.38. The predicted octanol–water partition coefficient (Wildman–Crippen LogP) is 1.70. The number of hydrogen-bond donors (Lipinski definition) is 3. The van der Waals surface area contributed by atoms with Crippen LogP contribution < -0.4 is 15.4 Å². The van der Waals surface area contributed by atoms with Crippen LogP contribution in [0, 0.1) is 0 Å². The molecule has 136 valence electrons. The van der Waals surface area contributed by atoms with Crippen LogP contribution in [0.3, 0.4) is 0 Å². The molecule has 3 rings (SSSR count). The van der Waals surface area contributed by atoms with Crippen LogP contribution in [-0.2, 0) is 13.1 Å². The predicted molar refractivity (Wildman–Crippen MR) is 99.3 cm³/mol. The van der Waals surface area contributed by atoms with Crippen molar-refractivity contribution in [2.45, 2.75) is 20.0 Å². The largest absolute Gasteiger partial charge is 0.504 e. The number of guanidine groups is 1. The molecule has 0 aliphatic heterocycles. The van der Waals surface area contributed by atoms with Crippen molar-refractivity contribution in [2.75, 3.05) is 13.7 Å². The summed E-state index contributed by atoms with van der Waals surface area (Å²) in [5.74, 6) is 2.01. The van der Waals surface area contributed by atoms with E-state index in [2.05, 4.69) is 25.8 Å². The minimum Gasteiger partial charge on any atom is -0.504 e. The van der Waals surface area contributed by atoms with E-state index in [1.165, 1.54) is 7.11 Å². The third kappa shape index (κ3) is 4.02. The summed E-state index contributed by atoms with van der Waals surface area (Å²) in [5.41, 5.74) is 1.69. The van der Waals surface area contributed by atoms with E-state index in [0.717, 1.165) is 23.6 Å². The highest BCUT2D eigenvalue weighted by Gasteiger charge is 2.06. The number of hydrogen-bond acceptors (Lipinski definition) is 5. The minimum atomic E-state index is 0.105. The van der Waals surface area contributed by atoms with E-state index in [4.69, 9.17) is 4.74 Å². The van der Waals surface area contributed by atoms with Crippen molar-refractivity contribution >= 4 is 11.6 Å². The molecule has 3 N–H and O–H groups in total. The summed E-state index contributed by atoms with van der Waals surface area (Å²) in [4.78, 5) is 4.54. The quantitative estimate of drug-likeness (QED) is 0.461. The summed E-state index contributed by atoms with van der Waals surface area (Å²) in [7, 11) is 1.52. The Balaban J connectivity index is 1.68. The Kier molecular flexibility index (Phi) is 5.52. The number of benzene rings is 1. The highest BCUT2D eigenvalue weighted by molar-refractivity contribution is 5.79. The number of methoxy groups -OCH3 is 1. The number of aliphatic imine (C=N–C) groups is 1. The van der Waals surface area contributed by atoms with Gasteiger partial charge in [0, 0.05) is 12.7 Å². The van der Waals surface area contributed by atoms with Crippen molar-refractivity contribution in [1.82, 2.24) is 25.2 Å². The van der Waals surface area contributed by atoms with Crippen LogP contribution in [0.15, 0.2) is 47.6 Å². The Morgan fingerprint density at radius 2 is 2.12 bits per heavy atom. The molecule has 26 heavy (non-hydrogen) atoms. The number of pyridine rings is 1. The van der Waals surface area contributed by atoms with Crippen LogP contribution >= 0.6 is 0 Å². The Bertz CT molecular complexity index is 906. The lowest BCUT2D eigenvalue weighted by molar-refractivity contribution is 0.373. The number of aromatic nitrogens is 3. The second-order valence-electron chi connectivity index (χ2n) is 5.60. The van der Waals surface area contributed by atoms with Gasteiger partial charge >= 0.3 is 0 Å². The first kappa shape index (κ1) is 17.5. The van der Waals surface area contributed by atoms with Gasteiger partial charge in [0.05, 0.1) is 20.2 Å². The van der Waals surface area contributed by atoms with Crippen molar-refractivity contribution in [1.29, 1.82) is 0 Å². The molecule has 0 unspecified atom stereocenters. The molecule has 0 aliphatic carbocycles. The lowest BCUT2D eigenvalue weighted by Gasteiger charge is -2.11. The van der Waals surface area contributed by atoms with Crippen LogP contribution in [0.2, 0.25) is 0 Å². The molecule has 0 saturated heterocycles. The first-order valence-electron chi connectivity index (χ1n) is 8.38. The first-order chi connectivity index (χ1) is 12.7. The third-order valence-corrected chi connectivity index (χ3v) is 3.81. The molecule has 1 aromatic carbocycles. The van der Waals surface area contributed by atoms with Gasteiger partial charge in [0.25, 0.3) is 0 Å². The number of nitrogens with zero attached hydrogens (tertiary/aromatic N) is 4. The zero-order valence-electron chi connectivity index (χ0n) is 14.8. The van der Waals surface area contributed by atoms with Crippen LogP contribution in [-0.4, -0.2) is 39.3 Å². The third-order valence-electron chi connectivity index (χ3n) is 3.81. The van der Waals surface area contributed by atoms with E-state index in [9.17, 15) is 5.11 Å². The molecule has 0 spiro atoms. The van der Waals surface area contributed by atoms with Gasteiger partial charge in [0.15, 0.2) is 28.9 Å². The SMILES string of the molecule is CCNC(=NCc1ccc(OC)c(O)c1)NCc1nnc2ccccn12. The molecule has 0 fully saturated rings. The monoisotopic (exact) mass is 354 g/mol. The second kappa shape index (κ2) is 8.19. The number of fused-ring (bicyclic) bond motifs is 1. The molecule has 0 atom stereocenters. The molecule has 8 nitrogen and oxygen atoms in total. The van der Waals surface area contributed by atoms with Gasteiger partial charge in [-0.2, -0.15) is 0 Å². The van der Waals surface area contributed by atoms with Crippen molar-refractivity contribution in [3.8, 4) is 11.5 Å². The maximum Gasteiger partial charge on any atom is 0.191 e. The lowest BCUT2D eigenvalue weighted by atomic mass is 10.2. The average Bonchev–Trinajstić information content (AvgIpc) is 3.07. The number of aromatic hydroxyl groups is 1. The van der Waals surface area contributed by atoms with Gasteiger partial charge in [-0.3, -0.25) is 4.40 Å². The highest BCUT2D eigenvalue weighted by atomic mass is 16.5. The molecule has 2 aromatic heterocycles. The van der Waals surface area contributed by atoms with Gasteiger partial charge < -0.3 is 20.5 Å². The average molecular weight is 354 g/mol. The molecule has 0 amide bonds. The van der Waals surface area contributed by atoms with Crippen LogP contribution in [0.1, 0.15) is 18.3 Å². The molecule has 0 aliphatic rings. The number of nitrogens with one attached hydrogen (secondary N) is 2. The fourth-order valence-electron chi connectivity index (χ4n) is 2.52. The van der Waals surface area contributed by atoms with Crippen molar-refractivity contribution in [3.05, 3.63) is 54.0 Å². The summed E-state index contributed by atoms with van der Waals surface area (Å²) in [5, 5.41) is 24.6. The molecule has 3 aromatic rings. The van der Waals surface area contributed by atoms with E-state index >= 15 is 0 Å². The topological polar surface area (TPSA) is 96.1 Å². The lowest BCUT2D eigenvalue weighted by Crippen LogP contribution is -2.37. The summed E-state index contributed by atoms with van der Waals surface area (Å²) in [6, 6.07) is 11.0. The fourth-order valence-corrected chi connectivity index (χ4v) is 2.52. The van der Waals surface area contributed by atoms with Gasteiger partial charge in [0.2, 0.25) is 0 Å². The Labute approximate surface area is 151 Å². The standard InChI is InChI=1S/C18H22N6O2/c1-3-19-18(20-11-13-7-8-15(26-2)14(25)10-13)21-12-17-23-22-16-6-4-5-9-24(16)17/h4-10,25H,3,11-12H2,1-2H3,(H2,19,20,21). The smallest absolute Gasteiger partial charge is 0.191 e. The van der Waals surface area contributed by atoms with E-state index in [1.807, 2.05) is 41.8 Å². The minimum absolute atomic E-state index is 0.105. The Morgan fingerprint density at radius 3 is 2.88 bits per heavy atom. The summed E-state index contributed by atoms with van der Waals surface area (Å²) in [6.45, 7) is 3.65.